The first kappa shape index (κ1) is 28.5. The number of likely N-dealkylation sites (N-methyl/N-ethyl adjacent to an activating group) is 1. The lowest BCUT2D eigenvalue weighted by molar-refractivity contribution is 0.0218. The minimum Gasteiger partial charge on any atom is -0.462 e. The first-order valence-corrected chi connectivity index (χ1v) is 15.4. The summed E-state index contributed by atoms with van der Waals surface area (Å²) in [6.45, 7) is 13.0. The van der Waals surface area contributed by atoms with E-state index in [0.717, 1.165) is 37.4 Å². The normalized spacial score (nSPS) is 21.5. The Labute approximate surface area is 249 Å². The average molecular weight is 573 g/mol. The molecule has 0 spiro atoms. The van der Waals surface area contributed by atoms with E-state index in [4.69, 9.17) is 19.4 Å². The second kappa shape index (κ2) is 11.6. The third kappa shape index (κ3) is 5.98. The van der Waals surface area contributed by atoms with Crippen LogP contribution in [0.2, 0.25) is 0 Å². The number of anilines is 2. The first-order chi connectivity index (χ1) is 20.2. The number of rotatable bonds is 5. The van der Waals surface area contributed by atoms with Crippen LogP contribution in [0.15, 0.2) is 42.5 Å². The largest absolute Gasteiger partial charge is 0.462 e. The van der Waals surface area contributed by atoms with E-state index in [1.165, 1.54) is 28.4 Å². The summed E-state index contributed by atoms with van der Waals surface area (Å²) in [4.78, 5) is 31.8. The number of aromatic nitrogens is 2. The van der Waals surface area contributed by atoms with Crippen molar-refractivity contribution in [1.29, 1.82) is 0 Å². The number of likely N-dealkylation sites (tertiary alicyclic amines) is 1. The Bertz CT molecular complexity index is 1430. The summed E-state index contributed by atoms with van der Waals surface area (Å²) in [5, 5.41) is 2.50. The standard InChI is InChI=1S/C33H44N6O3/c1-23-20-38(32(40)42-33(2,3)4)18-19-39(23)30-27-15-17-37(29-14-8-11-24-10-6-7-13-26(24)29)21-28(27)34-31(35-30)41-22-25-12-9-16-36(25)5/h6-8,10-11,13-14,23,25H,9,12,15-22H2,1-5H3/t23-,25+/m1/s1. The maximum Gasteiger partial charge on any atom is 0.410 e. The van der Waals surface area contributed by atoms with Gasteiger partial charge in [0.25, 0.3) is 0 Å². The summed E-state index contributed by atoms with van der Waals surface area (Å²) in [5.74, 6) is 0.948. The molecule has 9 heteroatoms. The van der Waals surface area contributed by atoms with Crippen molar-refractivity contribution >= 4 is 28.4 Å². The van der Waals surface area contributed by atoms with E-state index in [0.29, 0.717) is 44.8 Å². The molecule has 1 amide bonds. The predicted octanol–water partition coefficient (Wildman–Crippen LogP) is 5.11. The maximum atomic E-state index is 12.8. The maximum absolute atomic E-state index is 12.8. The van der Waals surface area contributed by atoms with E-state index in [9.17, 15) is 4.79 Å². The van der Waals surface area contributed by atoms with Crippen molar-refractivity contribution in [3.05, 3.63) is 53.7 Å². The van der Waals surface area contributed by atoms with Crippen molar-refractivity contribution in [1.82, 2.24) is 19.8 Å². The Morgan fingerprint density at radius 2 is 1.83 bits per heavy atom. The monoisotopic (exact) mass is 572 g/mol. The average Bonchev–Trinajstić information content (AvgIpc) is 3.38. The zero-order valence-corrected chi connectivity index (χ0v) is 25.7. The van der Waals surface area contributed by atoms with Gasteiger partial charge >= 0.3 is 12.1 Å². The van der Waals surface area contributed by atoms with Crippen LogP contribution in [0.3, 0.4) is 0 Å². The number of carbonyl (C=O) groups excluding carboxylic acids is 1. The molecule has 2 aromatic carbocycles. The van der Waals surface area contributed by atoms with Crippen LogP contribution < -0.4 is 14.5 Å². The van der Waals surface area contributed by atoms with Gasteiger partial charge in [0.15, 0.2) is 0 Å². The third-order valence-corrected chi connectivity index (χ3v) is 8.76. The van der Waals surface area contributed by atoms with E-state index in [1.54, 1.807) is 0 Å². The molecule has 3 aromatic rings. The molecule has 4 heterocycles. The van der Waals surface area contributed by atoms with Crippen molar-refractivity contribution in [2.24, 2.45) is 0 Å². The molecule has 0 aliphatic carbocycles. The topological polar surface area (TPSA) is 74.3 Å². The number of hydrogen-bond acceptors (Lipinski definition) is 8. The lowest BCUT2D eigenvalue weighted by Crippen LogP contribution is -2.55. The third-order valence-electron chi connectivity index (χ3n) is 8.76. The van der Waals surface area contributed by atoms with E-state index in [2.05, 4.69) is 71.1 Å². The van der Waals surface area contributed by atoms with Crippen molar-refractivity contribution in [2.75, 3.05) is 56.2 Å². The van der Waals surface area contributed by atoms with Gasteiger partial charge < -0.3 is 29.1 Å². The number of hydrogen-bond donors (Lipinski definition) is 0. The Hall–Kier alpha value is -3.59. The second-order valence-corrected chi connectivity index (χ2v) is 13.0. The lowest BCUT2D eigenvalue weighted by Gasteiger charge is -2.42. The van der Waals surface area contributed by atoms with Crippen LogP contribution in [0, 0.1) is 0 Å². The molecule has 3 aliphatic heterocycles. The van der Waals surface area contributed by atoms with Gasteiger partial charge in [0.1, 0.15) is 18.0 Å². The van der Waals surface area contributed by atoms with Gasteiger partial charge in [-0.2, -0.15) is 9.97 Å². The molecule has 0 saturated carbocycles. The van der Waals surface area contributed by atoms with Crippen LogP contribution in [0.25, 0.3) is 10.8 Å². The Morgan fingerprint density at radius 3 is 2.60 bits per heavy atom. The highest BCUT2D eigenvalue weighted by atomic mass is 16.6. The summed E-state index contributed by atoms with van der Waals surface area (Å²) in [6.07, 6.45) is 2.92. The van der Waals surface area contributed by atoms with E-state index in [1.807, 2.05) is 25.7 Å². The molecule has 2 saturated heterocycles. The van der Waals surface area contributed by atoms with E-state index in [-0.39, 0.29) is 12.1 Å². The fourth-order valence-electron chi connectivity index (χ4n) is 6.51. The number of benzene rings is 2. The quantitative estimate of drug-likeness (QED) is 0.418. The zero-order chi connectivity index (χ0) is 29.4. The summed E-state index contributed by atoms with van der Waals surface area (Å²) in [6, 6.07) is 16.0. The van der Waals surface area contributed by atoms with Crippen molar-refractivity contribution < 1.29 is 14.3 Å². The van der Waals surface area contributed by atoms with Gasteiger partial charge in [-0.25, -0.2) is 4.79 Å². The summed E-state index contributed by atoms with van der Waals surface area (Å²) in [5.41, 5.74) is 2.93. The summed E-state index contributed by atoms with van der Waals surface area (Å²) >= 11 is 0. The first-order valence-electron chi connectivity index (χ1n) is 15.4. The van der Waals surface area contributed by atoms with Crippen LogP contribution in [0.5, 0.6) is 6.01 Å². The van der Waals surface area contributed by atoms with E-state index >= 15 is 0 Å². The van der Waals surface area contributed by atoms with Crippen molar-refractivity contribution in [3.63, 3.8) is 0 Å². The number of ether oxygens (including phenoxy) is 2. The van der Waals surface area contributed by atoms with Crippen LogP contribution in [0.4, 0.5) is 16.3 Å². The molecule has 3 aliphatic rings. The molecule has 0 bridgehead atoms. The molecule has 2 atom stereocenters. The highest BCUT2D eigenvalue weighted by Crippen LogP contribution is 2.35. The second-order valence-electron chi connectivity index (χ2n) is 13.0. The Balaban J connectivity index is 1.28. The number of piperazine rings is 1. The smallest absolute Gasteiger partial charge is 0.410 e. The number of nitrogens with zero attached hydrogens (tertiary/aromatic N) is 6. The minimum absolute atomic E-state index is 0.0789. The van der Waals surface area contributed by atoms with Gasteiger partial charge in [0, 0.05) is 54.9 Å². The van der Waals surface area contributed by atoms with Crippen LogP contribution >= 0.6 is 0 Å². The van der Waals surface area contributed by atoms with Gasteiger partial charge in [0.05, 0.1) is 12.2 Å². The highest BCUT2D eigenvalue weighted by molar-refractivity contribution is 5.94. The molecule has 0 radical (unpaired) electrons. The van der Waals surface area contributed by atoms with Crippen molar-refractivity contribution in [3.8, 4) is 6.01 Å². The summed E-state index contributed by atoms with van der Waals surface area (Å²) in [7, 11) is 2.16. The summed E-state index contributed by atoms with van der Waals surface area (Å²) < 4.78 is 12.0. The predicted molar refractivity (Wildman–Crippen MR) is 166 cm³/mol. The van der Waals surface area contributed by atoms with Gasteiger partial charge in [-0.15, -0.1) is 0 Å². The molecule has 1 aromatic heterocycles. The number of carbonyl (C=O) groups is 1. The van der Waals surface area contributed by atoms with Crippen LogP contribution in [-0.2, 0) is 17.7 Å². The molecule has 9 nitrogen and oxygen atoms in total. The van der Waals surface area contributed by atoms with Gasteiger partial charge in [-0.05, 0) is 72.0 Å². The minimum atomic E-state index is -0.515. The molecule has 42 heavy (non-hydrogen) atoms. The van der Waals surface area contributed by atoms with E-state index < -0.39 is 5.60 Å². The van der Waals surface area contributed by atoms with Gasteiger partial charge in [-0.3, -0.25) is 0 Å². The molecule has 224 valence electrons. The van der Waals surface area contributed by atoms with Crippen LogP contribution in [0.1, 0.15) is 51.8 Å². The molecule has 2 fully saturated rings. The molecule has 0 unspecified atom stereocenters. The molecule has 0 N–H and O–H groups in total. The fraction of sp³-hybridized carbons (Fsp3) is 0.545. The van der Waals surface area contributed by atoms with Crippen LogP contribution in [-0.4, -0.2) is 89.9 Å². The number of amides is 1. The lowest BCUT2D eigenvalue weighted by atomic mass is 10.0. The molecular formula is C33H44N6O3. The van der Waals surface area contributed by atoms with Crippen molar-refractivity contribution in [2.45, 2.75) is 71.2 Å². The van der Waals surface area contributed by atoms with Gasteiger partial charge in [0.2, 0.25) is 0 Å². The zero-order valence-electron chi connectivity index (χ0n) is 25.7. The number of fused-ring (bicyclic) bond motifs is 2. The van der Waals surface area contributed by atoms with Gasteiger partial charge in [-0.1, -0.05) is 36.4 Å². The Morgan fingerprint density at radius 1 is 1.02 bits per heavy atom. The SMILES string of the molecule is C[C@@H]1CN(C(=O)OC(C)(C)C)CCN1c1nc(OC[C@@H]2CCCN2C)nc2c1CCN(c1cccc3ccccc13)C2. The molecular weight excluding hydrogens is 528 g/mol. The molecule has 6 rings (SSSR count). The highest BCUT2D eigenvalue weighted by Gasteiger charge is 2.34. The fourth-order valence-corrected chi connectivity index (χ4v) is 6.51. The Kier molecular flexibility index (Phi) is 7.87.